The van der Waals surface area contributed by atoms with E-state index < -0.39 is 34.5 Å². The number of hydrogen-bond acceptors (Lipinski definition) is 5. The van der Waals surface area contributed by atoms with Gasteiger partial charge >= 0.3 is 6.18 Å². The van der Waals surface area contributed by atoms with Gasteiger partial charge in [0.1, 0.15) is 5.69 Å². The molecule has 4 rings (SSSR count). The van der Waals surface area contributed by atoms with Crippen molar-refractivity contribution in [3.8, 4) is 6.07 Å². The Kier molecular flexibility index (Phi) is 6.02. The van der Waals surface area contributed by atoms with Crippen molar-refractivity contribution in [3.05, 3.63) is 47.3 Å². The van der Waals surface area contributed by atoms with Crippen LogP contribution in [0.3, 0.4) is 0 Å². The molecule has 180 valence electrons. The number of amides is 2. The molecule has 1 aromatic heterocycles. The van der Waals surface area contributed by atoms with Gasteiger partial charge < -0.3 is 15.5 Å². The van der Waals surface area contributed by atoms with Crippen LogP contribution in [0, 0.1) is 22.7 Å². The van der Waals surface area contributed by atoms with Gasteiger partial charge in [0.2, 0.25) is 5.91 Å². The van der Waals surface area contributed by atoms with Crippen LogP contribution in [0.1, 0.15) is 41.4 Å². The van der Waals surface area contributed by atoms with Crippen molar-refractivity contribution >= 4 is 17.5 Å². The molecule has 34 heavy (non-hydrogen) atoms. The number of benzene rings is 1. The highest BCUT2D eigenvalue weighted by Crippen LogP contribution is 2.46. The largest absolute Gasteiger partial charge is 0.417 e. The fraction of sp³-hybridized carbons (Fsp3) is 0.478. The monoisotopic (exact) mass is 474 g/mol. The van der Waals surface area contributed by atoms with Crippen molar-refractivity contribution in [1.82, 2.24) is 14.7 Å². The molecule has 0 aliphatic carbocycles. The molecule has 2 aliphatic rings. The number of alkyl halides is 3. The summed E-state index contributed by atoms with van der Waals surface area (Å²) in [4.78, 5) is 28.6. The second-order valence-corrected chi connectivity index (χ2v) is 8.89. The van der Waals surface area contributed by atoms with Gasteiger partial charge in [0, 0.05) is 50.0 Å². The third kappa shape index (κ3) is 4.20. The van der Waals surface area contributed by atoms with E-state index in [1.165, 1.54) is 6.07 Å². The number of aryl methyl sites for hydroxylation is 1. The number of carbonyl (C=O) groups is 2. The number of nitrogens with two attached hydrogens (primary N) is 1. The van der Waals surface area contributed by atoms with E-state index in [1.807, 2.05) is 6.92 Å². The Bertz CT molecular complexity index is 1140. The zero-order valence-corrected chi connectivity index (χ0v) is 18.7. The number of nitriles is 1. The van der Waals surface area contributed by atoms with Gasteiger partial charge in [0.15, 0.2) is 0 Å². The molecule has 2 aliphatic heterocycles. The molecule has 0 bridgehead atoms. The molecule has 1 aromatic carbocycles. The summed E-state index contributed by atoms with van der Waals surface area (Å²) < 4.78 is 42.0. The molecular formula is C23H25F3N6O2. The van der Waals surface area contributed by atoms with Crippen LogP contribution >= 0.6 is 0 Å². The number of hydrogen-bond donors (Lipinski definition) is 1. The number of anilines is 1. The van der Waals surface area contributed by atoms with Gasteiger partial charge in [-0.25, -0.2) is 0 Å². The summed E-state index contributed by atoms with van der Waals surface area (Å²) in [6, 6.07) is 6.83. The first kappa shape index (κ1) is 23.6. The van der Waals surface area contributed by atoms with Crippen LogP contribution in [-0.4, -0.2) is 52.7 Å². The zero-order valence-electron chi connectivity index (χ0n) is 18.7. The van der Waals surface area contributed by atoms with Gasteiger partial charge in [0.05, 0.1) is 23.1 Å². The molecule has 2 aromatic rings. The number of aromatic nitrogens is 2. The molecule has 2 saturated heterocycles. The summed E-state index contributed by atoms with van der Waals surface area (Å²) in [7, 11) is 0. The number of halogens is 3. The maximum Gasteiger partial charge on any atom is 0.417 e. The molecule has 0 saturated carbocycles. The van der Waals surface area contributed by atoms with Gasteiger partial charge in [-0.15, -0.1) is 0 Å². The number of piperidine rings is 1. The Labute approximate surface area is 194 Å². The second kappa shape index (κ2) is 8.66. The summed E-state index contributed by atoms with van der Waals surface area (Å²) in [5.74, 6) is -1.25. The lowest BCUT2D eigenvalue weighted by molar-refractivity contribution is -0.137. The zero-order chi connectivity index (χ0) is 24.7. The molecular weight excluding hydrogens is 449 g/mol. The second-order valence-electron chi connectivity index (χ2n) is 8.89. The minimum Gasteiger partial charge on any atom is -0.370 e. The van der Waals surface area contributed by atoms with Gasteiger partial charge in [0.25, 0.3) is 5.91 Å². The minimum atomic E-state index is -4.67. The number of nitrogens with zero attached hydrogens (tertiary/aromatic N) is 5. The van der Waals surface area contributed by atoms with Crippen molar-refractivity contribution < 1.29 is 22.8 Å². The number of primary amides is 1. The van der Waals surface area contributed by atoms with Crippen molar-refractivity contribution in [3.63, 3.8) is 0 Å². The number of rotatable bonds is 4. The molecule has 2 fully saturated rings. The molecule has 3 heterocycles. The molecule has 0 radical (unpaired) electrons. The first-order valence-corrected chi connectivity index (χ1v) is 11.1. The molecule has 1 atom stereocenters. The standard InChI is InChI=1S/C23H25F3N6O2/c1-2-32-8-5-19(29-32)21(34)30-9-6-22(7-10-30)14-31(13-18(22)20(28)33)16-4-3-15(12-27)17(11-16)23(24,25)26/h3-5,8,11,18H,2,6-7,9-10,13-14H2,1H3,(H2,28,33). The highest BCUT2D eigenvalue weighted by Gasteiger charge is 2.51. The fourth-order valence-corrected chi connectivity index (χ4v) is 5.09. The lowest BCUT2D eigenvalue weighted by Crippen LogP contribution is -2.49. The molecule has 1 unspecified atom stereocenters. The van der Waals surface area contributed by atoms with E-state index in [-0.39, 0.29) is 18.1 Å². The highest BCUT2D eigenvalue weighted by atomic mass is 19.4. The average molecular weight is 474 g/mol. The lowest BCUT2D eigenvalue weighted by Gasteiger charge is -2.41. The average Bonchev–Trinajstić information content (AvgIpc) is 3.43. The Morgan fingerprint density at radius 1 is 1.26 bits per heavy atom. The van der Waals surface area contributed by atoms with E-state index in [9.17, 15) is 22.8 Å². The third-order valence-electron chi connectivity index (χ3n) is 7.02. The smallest absolute Gasteiger partial charge is 0.370 e. The van der Waals surface area contributed by atoms with Crippen LogP contribution in [0.4, 0.5) is 18.9 Å². The fourth-order valence-electron chi connectivity index (χ4n) is 5.09. The Hall–Kier alpha value is -3.55. The van der Waals surface area contributed by atoms with E-state index in [0.717, 1.165) is 12.1 Å². The summed E-state index contributed by atoms with van der Waals surface area (Å²) in [6.07, 6.45) is -1.93. The quantitative estimate of drug-likeness (QED) is 0.733. The lowest BCUT2D eigenvalue weighted by atomic mass is 9.70. The number of likely N-dealkylation sites (tertiary alicyclic amines) is 1. The van der Waals surface area contributed by atoms with Crippen molar-refractivity contribution in [2.24, 2.45) is 17.1 Å². The summed E-state index contributed by atoms with van der Waals surface area (Å²) >= 11 is 0. The van der Waals surface area contributed by atoms with Gasteiger partial charge in [-0.2, -0.15) is 23.5 Å². The summed E-state index contributed by atoms with van der Waals surface area (Å²) in [5, 5.41) is 13.3. The molecule has 8 nitrogen and oxygen atoms in total. The van der Waals surface area contributed by atoms with E-state index in [0.29, 0.717) is 44.7 Å². The van der Waals surface area contributed by atoms with Crippen LogP contribution in [-0.2, 0) is 17.5 Å². The Morgan fingerprint density at radius 2 is 1.97 bits per heavy atom. The van der Waals surface area contributed by atoms with Crippen LogP contribution < -0.4 is 10.6 Å². The van der Waals surface area contributed by atoms with Crippen LogP contribution in [0.2, 0.25) is 0 Å². The maximum atomic E-state index is 13.5. The molecule has 1 spiro atoms. The highest BCUT2D eigenvalue weighted by molar-refractivity contribution is 5.92. The van der Waals surface area contributed by atoms with E-state index in [1.54, 1.807) is 32.8 Å². The van der Waals surface area contributed by atoms with Gasteiger partial charge in [-0.05, 0) is 44.0 Å². The SMILES string of the molecule is CCn1ccc(C(=O)N2CCC3(CC2)CN(c2ccc(C#N)c(C(F)(F)F)c2)CC3C(N)=O)n1. The normalized spacial score (nSPS) is 19.9. The van der Waals surface area contributed by atoms with E-state index >= 15 is 0 Å². The summed E-state index contributed by atoms with van der Waals surface area (Å²) in [6.45, 7) is 3.90. The van der Waals surface area contributed by atoms with Crippen molar-refractivity contribution in [2.45, 2.75) is 32.5 Å². The van der Waals surface area contributed by atoms with E-state index in [2.05, 4.69) is 5.10 Å². The molecule has 2 amide bonds. The van der Waals surface area contributed by atoms with Crippen molar-refractivity contribution in [2.75, 3.05) is 31.1 Å². The molecule has 11 heteroatoms. The van der Waals surface area contributed by atoms with Crippen molar-refractivity contribution in [1.29, 1.82) is 5.26 Å². The Balaban J connectivity index is 1.54. The van der Waals surface area contributed by atoms with Gasteiger partial charge in [-0.3, -0.25) is 14.3 Å². The number of carbonyl (C=O) groups excluding carboxylic acids is 2. The Morgan fingerprint density at radius 3 is 2.53 bits per heavy atom. The summed E-state index contributed by atoms with van der Waals surface area (Å²) in [5.41, 5.74) is 4.36. The third-order valence-corrected chi connectivity index (χ3v) is 7.02. The van der Waals surface area contributed by atoms with Crippen LogP contribution in [0.5, 0.6) is 0 Å². The first-order valence-electron chi connectivity index (χ1n) is 11.1. The minimum absolute atomic E-state index is 0.186. The first-order chi connectivity index (χ1) is 16.1. The topological polar surface area (TPSA) is 108 Å². The van der Waals surface area contributed by atoms with E-state index in [4.69, 9.17) is 11.0 Å². The van der Waals surface area contributed by atoms with Gasteiger partial charge in [-0.1, -0.05) is 0 Å². The predicted molar refractivity (Wildman–Crippen MR) is 117 cm³/mol. The molecule has 2 N–H and O–H groups in total. The maximum absolute atomic E-state index is 13.5. The van der Waals surface area contributed by atoms with Crippen LogP contribution in [0.25, 0.3) is 0 Å². The predicted octanol–water partition coefficient (Wildman–Crippen LogP) is 2.64. The van der Waals surface area contributed by atoms with Crippen LogP contribution in [0.15, 0.2) is 30.5 Å².